The minimum atomic E-state index is -0.556. The van der Waals surface area contributed by atoms with Crippen molar-refractivity contribution in [1.29, 1.82) is 5.26 Å². The Bertz CT molecular complexity index is 973. The van der Waals surface area contributed by atoms with E-state index in [1.165, 1.54) is 5.56 Å². The zero-order valence-electron chi connectivity index (χ0n) is 12.6. The lowest BCUT2D eigenvalue weighted by atomic mass is 10.0. The third-order valence-electron chi connectivity index (χ3n) is 4.14. The fourth-order valence-corrected chi connectivity index (χ4v) is 2.94. The molecule has 1 atom stereocenters. The fraction of sp³-hybridized carbons (Fsp3) is 0.111. The summed E-state index contributed by atoms with van der Waals surface area (Å²) in [6.45, 7) is 2.03. The van der Waals surface area contributed by atoms with Crippen LogP contribution in [-0.4, -0.2) is 9.55 Å². The average Bonchev–Trinajstić information content (AvgIpc) is 2.94. The van der Waals surface area contributed by atoms with Gasteiger partial charge in [0.05, 0.1) is 22.3 Å². The SMILES string of the molecule is Cc1ccc(C2=C(C#N)[C@H](N)n3c(nc4ccccc43)N2)cc1. The first-order chi connectivity index (χ1) is 11.2. The van der Waals surface area contributed by atoms with Gasteiger partial charge in [-0.2, -0.15) is 5.26 Å². The standard InChI is InChI=1S/C18H15N5/c1-11-6-8-12(9-7-11)16-13(10-19)17(20)23-15-5-3-2-4-14(15)21-18(23)22-16/h2-9,17H,20H2,1H3,(H,21,22)/t17-/m1/s1. The largest absolute Gasteiger partial charge is 0.324 e. The number of aryl methyl sites for hydroxylation is 1. The number of nitrogens with one attached hydrogen (secondary N) is 1. The summed E-state index contributed by atoms with van der Waals surface area (Å²) >= 11 is 0. The van der Waals surface area contributed by atoms with E-state index in [2.05, 4.69) is 16.4 Å². The van der Waals surface area contributed by atoms with E-state index >= 15 is 0 Å². The molecule has 2 aromatic carbocycles. The molecule has 0 aliphatic carbocycles. The number of para-hydroxylation sites is 2. The van der Waals surface area contributed by atoms with Gasteiger partial charge in [-0.25, -0.2) is 4.98 Å². The highest BCUT2D eigenvalue weighted by Crippen LogP contribution is 2.35. The number of anilines is 1. The van der Waals surface area contributed by atoms with Gasteiger partial charge in [0.1, 0.15) is 12.2 Å². The molecule has 0 bridgehead atoms. The summed E-state index contributed by atoms with van der Waals surface area (Å²) in [6, 6.07) is 18.0. The Morgan fingerprint density at radius 1 is 1.17 bits per heavy atom. The van der Waals surface area contributed by atoms with Crippen LogP contribution in [0.5, 0.6) is 0 Å². The van der Waals surface area contributed by atoms with E-state index in [0.717, 1.165) is 22.3 Å². The molecule has 5 nitrogen and oxygen atoms in total. The molecule has 3 aromatic rings. The molecule has 112 valence electrons. The van der Waals surface area contributed by atoms with Crippen LogP contribution in [0.3, 0.4) is 0 Å². The maximum Gasteiger partial charge on any atom is 0.210 e. The number of hydrogen-bond donors (Lipinski definition) is 2. The second-order valence-corrected chi connectivity index (χ2v) is 5.63. The lowest BCUT2D eigenvalue weighted by molar-refractivity contribution is 0.628. The summed E-state index contributed by atoms with van der Waals surface area (Å²) in [4.78, 5) is 4.59. The van der Waals surface area contributed by atoms with Crippen LogP contribution in [0, 0.1) is 18.3 Å². The molecule has 0 unspecified atom stereocenters. The molecule has 0 amide bonds. The van der Waals surface area contributed by atoms with Crippen LogP contribution in [0.25, 0.3) is 16.7 Å². The molecular weight excluding hydrogens is 286 g/mol. The molecule has 0 spiro atoms. The Hall–Kier alpha value is -3.10. The van der Waals surface area contributed by atoms with Gasteiger partial charge in [-0.15, -0.1) is 0 Å². The van der Waals surface area contributed by atoms with E-state index in [0.29, 0.717) is 11.5 Å². The first kappa shape index (κ1) is 13.6. The molecule has 1 aromatic heterocycles. The van der Waals surface area contributed by atoms with Gasteiger partial charge in [-0.05, 0) is 24.6 Å². The van der Waals surface area contributed by atoms with E-state index in [1.54, 1.807) is 0 Å². The van der Waals surface area contributed by atoms with Crippen molar-refractivity contribution in [1.82, 2.24) is 9.55 Å². The van der Waals surface area contributed by atoms with Crippen LogP contribution in [0.1, 0.15) is 17.3 Å². The first-order valence-corrected chi connectivity index (χ1v) is 7.40. The molecule has 4 rings (SSSR count). The van der Waals surface area contributed by atoms with Crippen molar-refractivity contribution in [2.24, 2.45) is 5.73 Å². The van der Waals surface area contributed by atoms with Crippen molar-refractivity contribution < 1.29 is 0 Å². The van der Waals surface area contributed by atoms with Crippen molar-refractivity contribution >= 4 is 22.7 Å². The van der Waals surface area contributed by atoms with Crippen molar-refractivity contribution in [3.05, 3.63) is 65.2 Å². The number of nitrogens with two attached hydrogens (primary N) is 1. The first-order valence-electron chi connectivity index (χ1n) is 7.40. The highest BCUT2D eigenvalue weighted by molar-refractivity contribution is 5.87. The van der Waals surface area contributed by atoms with Gasteiger partial charge in [0.25, 0.3) is 0 Å². The summed E-state index contributed by atoms with van der Waals surface area (Å²) < 4.78 is 1.87. The third kappa shape index (κ3) is 2.00. The molecular formula is C18H15N5. The summed E-state index contributed by atoms with van der Waals surface area (Å²) in [7, 11) is 0. The number of rotatable bonds is 1. The van der Waals surface area contributed by atoms with Gasteiger partial charge in [-0.3, -0.25) is 4.57 Å². The number of benzene rings is 2. The molecule has 5 heteroatoms. The van der Waals surface area contributed by atoms with Crippen LogP contribution in [0.2, 0.25) is 0 Å². The molecule has 1 aliphatic heterocycles. The third-order valence-corrected chi connectivity index (χ3v) is 4.14. The molecule has 0 saturated heterocycles. The van der Waals surface area contributed by atoms with Crippen LogP contribution in [0.4, 0.5) is 5.95 Å². The highest BCUT2D eigenvalue weighted by Gasteiger charge is 2.28. The summed E-state index contributed by atoms with van der Waals surface area (Å²) in [6.07, 6.45) is -0.556. The van der Waals surface area contributed by atoms with E-state index in [1.807, 2.05) is 60.0 Å². The van der Waals surface area contributed by atoms with Crippen LogP contribution in [-0.2, 0) is 0 Å². The fourth-order valence-electron chi connectivity index (χ4n) is 2.94. The Morgan fingerprint density at radius 3 is 2.65 bits per heavy atom. The number of imidazole rings is 1. The topological polar surface area (TPSA) is 79.7 Å². The molecule has 1 aliphatic rings. The van der Waals surface area contributed by atoms with Gasteiger partial charge >= 0.3 is 0 Å². The molecule has 0 saturated carbocycles. The Balaban J connectivity index is 1.92. The lowest BCUT2D eigenvalue weighted by Gasteiger charge is -2.26. The molecule has 0 radical (unpaired) electrons. The van der Waals surface area contributed by atoms with Crippen molar-refractivity contribution in [3.63, 3.8) is 0 Å². The minimum Gasteiger partial charge on any atom is -0.324 e. The molecule has 0 fully saturated rings. The van der Waals surface area contributed by atoms with Gasteiger partial charge < -0.3 is 11.1 Å². The number of aromatic nitrogens is 2. The van der Waals surface area contributed by atoms with Crippen molar-refractivity contribution in [2.45, 2.75) is 13.1 Å². The highest BCUT2D eigenvalue weighted by atomic mass is 15.3. The lowest BCUT2D eigenvalue weighted by Crippen LogP contribution is -2.28. The zero-order valence-corrected chi connectivity index (χ0v) is 12.6. The smallest absolute Gasteiger partial charge is 0.210 e. The van der Waals surface area contributed by atoms with E-state index in [9.17, 15) is 5.26 Å². The summed E-state index contributed by atoms with van der Waals surface area (Å²) in [5.41, 5.74) is 11.5. The van der Waals surface area contributed by atoms with Gasteiger partial charge in [-0.1, -0.05) is 42.0 Å². The Kier molecular flexibility index (Phi) is 2.93. The molecule has 23 heavy (non-hydrogen) atoms. The zero-order chi connectivity index (χ0) is 16.0. The summed E-state index contributed by atoms with van der Waals surface area (Å²) in [5.74, 6) is 0.660. The number of hydrogen-bond acceptors (Lipinski definition) is 4. The second kappa shape index (κ2) is 4.97. The molecule has 2 heterocycles. The van der Waals surface area contributed by atoms with Crippen LogP contribution >= 0.6 is 0 Å². The van der Waals surface area contributed by atoms with Crippen molar-refractivity contribution in [3.8, 4) is 6.07 Å². The number of fused-ring (bicyclic) bond motifs is 3. The van der Waals surface area contributed by atoms with Gasteiger partial charge in [0.2, 0.25) is 5.95 Å². The number of nitriles is 1. The summed E-state index contributed by atoms with van der Waals surface area (Å²) in [5, 5.41) is 12.9. The number of nitrogens with zero attached hydrogens (tertiary/aromatic N) is 3. The minimum absolute atomic E-state index is 0.504. The van der Waals surface area contributed by atoms with Gasteiger partial charge in [0.15, 0.2) is 0 Å². The predicted molar refractivity (Wildman–Crippen MR) is 90.3 cm³/mol. The maximum absolute atomic E-state index is 9.62. The van der Waals surface area contributed by atoms with Crippen molar-refractivity contribution in [2.75, 3.05) is 5.32 Å². The Labute approximate surface area is 133 Å². The monoisotopic (exact) mass is 301 g/mol. The maximum atomic E-state index is 9.62. The predicted octanol–water partition coefficient (Wildman–Crippen LogP) is 3.16. The van der Waals surface area contributed by atoms with Crippen LogP contribution in [0.15, 0.2) is 54.1 Å². The van der Waals surface area contributed by atoms with Gasteiger partial charge in [0, 0.05) is 0 Å². The normalized spacial score (nSPS) is 16.8. The van der Waals surface area contributed by atoms with E-state index in [4.69, 9.17) is 5.73 Å². The quantitative estimate of drug-likeness (QED) is 0.723. The molecule has 3 N–H and O–H groups in total. The Morgan fingerprint density at radius 2 is 1.91 bits per heavy atom. The van der Waals surface area contributed by atoms with E-state index < -0.39 is 6.17 Å². The second-order valence-electron chi connectivity index (χ2n) is 5.63. The van der Waals surface area contributed by atoms with Crippen LogP contribution < -0.4 is 11.1 Å². The van der Waals surface area contributed by atoms with E-state index in [-0.39, 0.29) is 0 Å². The average molecular weight is 301 g/mol.